The largest absolute Gasteiger partial charge is 0.334 e. The van der Waals surface area contributed by atoms with Gasteiger partial charge in [0.2, 0.25) is 0 Å². The second kappa shape index (κ2) is 4.22. The van der Waals surface area contributed by atoms with Crippen molar-refractivity contribution in [3.8, 4) is 5.69 Å². The van der Waals surface area contributed by atoms with E-state index in [1.54, 1.807) is 12.1 Å². The number of aromatic amines is 1. The van der Waals surface area contributed by atoms with E-state index in [9.17, 15) is 9.59 Å². The van der Waals surface area contributed by atoms with Crippen LogP contribution in [0.2, 0.25) is 5.15 Å². The Morgan fingerprint density at radius 3 is 2.59 bits per heavy atom. The van der Waals surface area contributed by atoms with Crippen LogP contribution in [0.3, 0.4) is 0 Å². The van der Waals surface area contributed by atoms with Crippen molar-refractivity contribution in [3.63, 3.8) is 0 Å². The van der Waals surface area contributed by atoms with E-state index in [0.717, 1.165) is 15.7 Å². The summed E-state index contributed by atoms with van der Waals surface area (Å²) in [6, 6.07) is 6.64. The van der Waals surface area contributed by atoms with Gasteiger partial charge >= 0.3 is 5.69 Å². The third-order valence-electron chi connectivity index (χ3n) is 2.72. The van der Waals surface area contributed by atoms with Crippen LogP contribution in [0.15, 0.2) is 33.9 Å². The lowest BCUT2D eigenvalue weighted by molar-refractivity contribution is 0.867. The van der Waals surface area contributed by atoms with Crippen LogP contribution in [0.4, 0.5) is 0 Å². The molecule has 2 rings (SSSR count). The Kier molecular flexibility index (Phi) is 2.90. The van der Waals surface area contributed by atoms with Crippen molar-refractivity contribution in [1.82, 2.24) is 9.55 Å². The standard InChI is InChI=1S/C12H11ClN2O2/c1-7-4-3-5-9(8(7)2)15-11(16)6-10(13)14-12(15)17/h3-6H,1-2H3,(H,14,17). The second-order valence-corrected chi connectivity index (χ2v) is 4.22. The highest BCUT2D eigenvalue weighted by Crippen LogP contribution is 2.14. The zero-order valence-corrected chi connectivity index (χ0v) is 10.2. The van der Waals surface area contributed by atoms with E-state index < -0.39 is 11.2 Å². The molecular formula is C12H11ClN2O2. The van der Waals surface area contributed by atoms with Crippen molar-refractivity contribution < 1.29 is 0 Å². The third-order valence-corrected chi connectivity index (χ3v) is 2.92. The van der Waals surface area contributed by atoms with Gasteiger partial charge in [0.25, 0.3) is 5.56 Å². The Bertz CT molecular complexity index is 654. The number of benzene rings is 1. The van der Waals surface area contributed by atoms with Gasteiger partial charge in [-0.3, -0.25) is 9.78 Å². The molecule has 1 aromatic heterocycles. The summed E-state index contributed by atoms with van der Waals surface area (Å²) in [7, 11) is 0. The molecule has 0 aliphatic carbocycles. The number of hydrogen-bond donors (Lipinski definition) is 1. The van der Waals surface area contributed by atoms with Crippen molar-refractivity contribution in [1.29, 1.82) is 0 Å². The zero-order chi connectivity index (χ0) is 12.6. The molecule has 2 aromatic rings. The van der Waals surface area contributed by atoms with E-state index in [1.165, 1.54) is 6.07 Å². The van der Waals surface area contributed by atoms with E-state index in [1.807, 2.05) is 19.9 Å². The van der Waals surface area contributed by atoms with Crippen molar-refractivity contribution in [2.75, 3.05) is 0 Å². The molecule has 0 aliphatic rings. The van der Waals surface area contributed by atoms with Crippen molar-refractivity contribution in [2.24, 2.45) is 0 Å². The molecule has 0 aliphatic heterocycles. The average molecular weight is 251 g/mol. The number of aromatic nitrogens is 2. The molecule has 0 bridgehead atoms. The van der Waals surface area contributed by atoms with Crippen LogP contribution in [-0.2, 0) is 0 Å². The minimum atomic E-state index is -0.531. The maximum atomic E-state index is 11.8. The number of H-pyrrole nitrogens is 1. The second-order valence-electron chi connectivity index (χ2n) is 3.82. The van der Waals surface area contributed by atoms with Crippen LogP contribution in [0, 0.1) is 13.8 Å². The lowest BCUT2D eigenvalue weighted by atomic mass is 10.1. The van der Waals surface area contributed by atoms with Gasteiger partial charge in [-0.1, -0.05) is 23.7 Å². The van der Waals surface area contributed by atoms with Gasteiger partial charge in [0.15, 0.2) is 0 Å². The van der Waals surface area contributed by atoms with Crippen LogP contribution in [0.5, 0.6) is 0 Å². The minimum absolute atomic E-state index is 0.0431. The fraction of sp³-hybridized carbons (Fsp3) is 0.167. The molecule has 0 radical (unpaired) electrons. The van der Waals surface area contributed by atoms with Gasteiger partial charge in [0.05, 0.1) is 5.69 Å². The Hall–Kier alpha value is -1.81. The number of aryl methyl sites for hydroxylation is 1. The van der Waals surface area contributed by atoms with Crippen LogP contribution in [-0.4, -0.2) is 9.55 Å². The zero-order valence-electron chi connectivity index (χ0n) is 9.45. The fourth-order valence-corrected chi connectivity index (χ4v) is 1.85. The van der Waals surface area contributed by atoms with Gasteiger partial charge in [-0.25, -0.2) is 9.36 Å². The summed E-state index contributed by atoms with van der Waals surface area (Å²) in [6.45, 7) is 3.79. The van der Waals surface area contributed by atoms with Crippen molar-refractivity contribution in [2.45, 2.75) is 13.8 Å². The molecule has 1 heterocycles. The summed E-state index contributed by atoms with van der Waals surface area (Å²) < 4.78 is 1.08. The number of halogens is 1. The molecule has 0 unspecified atom stereocenters. The molecule has 0 saturated carbocycles. The number of hydrogen-bond acceptors (Lipinski definition) is 2. The van der Waals surface area contributed by atoms with Crippen molar-refractivity contribution in [3.05, 3.63) is 61.4 Å². The molecule has 0 spiro atoms. The predicted molar refractivity (Wildman–Crippen MR) is 67.1 cm³/mol. The number of nitrogens with one attached hydrogen (secondary N) is 1. The maximum Gasteiger partial charge on any atom is 0.334 e. The summed E-state index contributed by atoms with van der Waals surface area (Å²) in [5.74, 6) is 0. The Balaban J connectivity index is 2.83. The molecule has 0 saturated heterocycles. The third kappa shape index (κ3) is 2.03. The van der Waals surface area contributed by atoms with Crippen LogP contribution < -0.4 is 11.2 Å². The highest BCUT2D eigenvalue weighted by Gasteiger charge is 2.09. The fourth-order valence-electron chi connectivity index (χ4n) is 1.67. The Morgan fingerprint density at radius 2 is 1.94 bits per heavy atom. The van der Waals surface area contributed by atoms with Gasteiger partial charge < -0.3 is 0 Å². The van der Waals surface area contributed by atoms with Gasteiger partial charge in [0, 0.05) is 6.07 Å². The molecule has 1 N–H and O–H groups in total. The summed E-state index contributed by atoms with van der Waals surface area (Å²) in [4.78, 5) is 25.9. The molecule has 0 fully saturated rings. The summed E-state index contributed by atoms with van der Waals surface area (Å²) >= 11 is 5.61. The molecule has 0 atom stereocenters. The van der Waals surface area contributed by atoms with Crippen LogP contribution in [0.1, 0.15) is 11.1 Å². The molecule has 4 nitrogen and oxygen atoms in total. The number of rotatable bonds is 1. The first-order valence-electron chi connectivity index (χ1n) is 5.09. The first-order chi connectivity index (χ1) is 8.00. The highest BCUT2D eigenvalue weighted by molar-refractivity contribution is 6.29. The monoisotopic (exact) mass is 250 g/mol. The SMILES string of the molecule is Cc1cccc(-n2c(=O)cc(Cl)[nH]c2=O)c1C. The molecule has 1 aromatic carbocycles. The average Bonchev–Trinajstić information content (AvgIpc) is 2.23. The van der Waals surface area contributed by atoms with Crippen LogP contribution >= 0.6 is 11.6 Å². The van der Waals surface area contributed by atoms with E-state index in [0.29, 0.717) is 5.69 Å². The van der Waals surface area contributed by atoms with E-state index >= 15 is 0 Å². The maximum absolute atomic E-state index is 11.8. The first kappa shape index (κ1) is 11.7. The van der Waals surface area contributed by atoms with Gasteiger partial charge in [-0.05, 0) is 31.0 Å². The van der Waals surface area contributed by atoms with Gasteiger partial charge in [-0.2, -0.15) is 0 Å². The van der Waals surface area contributed by atoms with E-state index in [-0.39, 0.29) is 5.15 Å². The van der Waals surface area contributed by atoms with E-state index in [4.69, 9.17) is 11.6 Å². The lowest BCUT2D eigenvalue weighted by Crippen LogP contribution is -2.33. The smallest absolute Gasteiger partial charge is 0.297 e. The predicted octanol–water partition coefficient (Wildman–Crippen LogP) is 1.80. The van der Waals surface area contributed by atoms with Crippen LogP contribution in [0.25, 0.3) is 5.69 Å². The number of nitrogens with zero attached hydrogens (tertiary/aromatic N) is 1. The molecular weight excluding hydrogens is 240 g/mol. The Labute approximate surface area is 102 Å². The lowest BCUT2D eigenvalue weighted by Gasteiger charge is -2.09. The summed E-state index contributed by atoms with van der Waals surface area (Å²) in [5.41, 5.74) is 1.52. The molecule has 88 valence electrons. The quantitative estimate of drug-likeness (QED) is 0.785. The highest BCUT2D eigenvalue weighted by atomic mass is 35.5. The Morgan fingerprint density at radius 1 is 1.24 bits per heavy atom. The summed E-state index contributed by atoms with van der Waals surface area (Å²) in [6.07, 6.45) is 0. The normalized spacial score (nSPS) is 10.5. The molecule has 0 amide bonds. The van der Waals surface area contributed by atoms with Crippen molar-refractivity contribution >= 4 is 11.6 Å². The summed E-state index contributed by atoms with van der Waals surface area (Å²) in [5, 5.41) is 0.0431. The molecule has 17 heavy (non-hydrogen) atoms. The topological polar surface area (TPSA) is 54.9 Å². The first-order valence-corrected chi connectivity index (χ1v) is 5.47. The van der Waals surface area contributed by atoms with E-state index in [2.05, 4.69) is 4.98 Å². The van der Waals surface area contributed by atoms with Gasteiger partial charge in [0.1, 0.15) is 5.15 Å². The van der Waals surface area contributed by atoms with Gasteiger partial charge in [-0.15, -0.1) is 0 Å². The molecule has 5 heteroatoms. The minimum Gasteiger partial charge on any atom is -0.297 e.